The van der Waals surface area contributed by atoms with Gasteiger partial charge in [-0.05, 0) is 32.3 Å². The molecular formula is C16H21N3O. The number of rotatable bonds is 4. The third kappa shape index (κ3) is 2.15. The maximum Gasteiger partial charge on any atom is 0.290 e. The van der Waals surface area contributed by atoms with Crippen molar-refractivity contribution in [1.82, 2.24) is 9.36 Å². The number of hydrogen-bond acceptors (Lipinski definition) is 2. The highest BCUT2D eigenvalue weighted by Gasteiger charge is 2.32. The van der Waals surface area contributed by atoms with E-state index in [-0.39, 0.29) is 5.56 Å². The lowest BCUT2D eigenvalue weighted by Crippen LogP contribution is -2.24. The van der Waals surface area contributed by atoms with E-state index in [9.17, 15) is 4.79 Å². The van der Waals surface area contributed by atoms with Crippen LogP contribution in [0.2, 0.25) is 0 Å². The van der Waals surface area contributed by atoms with Crippen molar-refractivity contribution in [1.29, 1.82) is 0 Å². The Kier molecular flexibility index (Phi) is 3.16. The normalized spacial score (nSPS) is 14.7. The molecule has 1 saturated carbocycles. The minimum Gasteiger partial charge on any atom is -0.393 e. The number of nitrogens with zero attached hydrogens (tertiary/aromatic N) is 2. The van der Waals surface area contributed by atoms with Crippen molar-refractivity contribution in [3.05, 3.63) is 51.4 Å². The first-order valence-corrected chi connectivity index (χ1v) is 7.26. The van der Waals surface area contributed by atoms with E-state index in [0.717, 1.165) is 30.6 Å². The van der Waals surface area contributed by atoms with E-state index in [2.05, 4.69) is 36.7 Å². The summed E-state index contributed by atoms with van der Waals surface area (Å²) in [6, 6.07) is 8.26. The standard InChI is InChI=1S/C16H21N3O/c1-3-18-15(13-7-8-13)14(17)16(20)19(18)10-12-6-4-5-11(2)9-12/h4-6,9,13H,3,7-8,10,17H2,1-2H3. The van der Waals surface area contributed by atoms with E-state index in [1.807, 2.05) is 6.07 Å². The van der Waals surface area contributed by atoms with Crippen LogP contribution in [0.4, 0.5) is 5.69 Å². The second-order valence-corrected chi connectivity index (χ2v) is 5.64. The minimum atomic E-state index is -0.0461. The number of aryl methyl sites for hydroxylation is 1. The van der Waals surface area contributed by atoms with Crippen LogP contribution >= 0.6 is 0 Å². The molecule has 0 spiro atoms. The molecule has 1 aromatic carbocycles. The van der Waals surface area contributed by atoms with Gasteiger partial charge in [-0.15, -0.1) is 0 Å². The molecule has 0 bridgehead atoms. The molecule has 1 aromatic heterocycles. The lowest BCUT2D eigenvalue weighted by atomic mass is 10.1. The fraction of sp³-hybridized carbons (Fsp3) is 0.438. The molecule has 4 heteroatoms. The van der Waals surface area contributed by atoms with Gasteiger partial charge in [0.25, 0.3) is 5.56 Å². The quantitative estimate of drug-likeness (QED) is 0.928. The summed E-state index contributed by atoms with van der Waals surface area (Å²) in [7, 11) is 0. The van der Waals surface area contributed by atoms with E-state index in [1.54, 1.807) is 4.68 Å². The third-order valence-electron chi connectivity index (χ3n) is 3.99. The number of hydrogen-bond donors (Lipinski definition) is 1. The summed E-state index contributed by atoms with van der Waals surface area (Å²) in [5.74, 6) is 0.487. The Hall–Kier alpha value is -1.97. The van der Waals surface area contributed by atoms with Crippen LogP contribution in [0.3, 0.4) is 0 Å². The molecule has 106 valence electrons. The molecule has 20 heavy (non-hydrogen) atoms. The van der Waals surface area contributed by atoms with Gasteiger partial charge in [0, 0.05) is 12.5 Å². The first kappa shape index (κ1) is 13.0. The van der Waals surface area contributed by atoms with E-state index >= 15 is 0 Å². The zero-order valence-electron chi connectivity index (χ0n) is 12.1. The Bertz CT molecular complexity index is 692. The highest BCUT2D eigenvalue weighted by atomic mass is 16.1. The van der Waals surface area contributed by atoms with E-state index in [0.29, 0.717) is 18.2 Å². The summed E-state index contributed by atoms with van der Waals surface area (Å²) in [6.45, 7) is 5.50. The van der Waals surface area contributed by atoms with Crippen LogP contribution in [-0.4, -0.2) is 9.36 Å². The highest BCUT2D eigenvalue weighted by Crippen LogP contribution is 2.42. The van der Waals surface area contributed by atoms with Crippen molar-refractivity contribution >= 4 is 5.69 Å². The van der Waals surface area contributed by atoms with Crippen LogP contribution in [0.15, 0.2) is 29.1 Å². The van der Waals surface area contributed by atoms with E-state index < -0.39 is 0 Å². The lowest BCUT2D eigenvalue weighted by Gasteiger charge is -2.13. The first-order chi connectivity index (χ1) is 9.61. The Labute approximate surface area is 118 Å². The smallest absolute Gasteiger partial charge is 0.290 e. The van der Waals surface area contributed by atoms with Gasteiger partial charge in [-0.1, -0.05) is 29.8 Å². The average Bonchev–Trinajstić information content (AvgIpc) is 3.22. The van der Waals surface area contributed by atoms with Crippen LogP contribution in [0, 0.1) is 6.92 Å². The molecule has 3 rings (SSSR count). The predicted molar refractivity (Wildman–Crippen MR) is 81.0 cm³/mol. The largest absolute Gasteiger partial charge is 0.393 e. The fourth-order valence-electron chi connectivity index (χ4n) is 2.90. The van der Waals surface area contributed by atoms with E-state index in [1.165, 1.54) is 5.56 Å². The fourth-order valence-corrected chi connectivity index (χ4v) is 2.90. The number of anilines is 1. The second-order valence-electron chi connectivity index (χ2n) is 5.64. The Morgan fingerprint density at radius 1 is 1.30 bits per heavy atom. The van der Waals surface area contributed by atoms with Crippen molar-refractivity contribution in [3.8, 4) is 0 Å². The number of benzene rings is 1. The van der Waals surface area contributed by atoms with Gasteiger partial charge in [-0.2, -0.15) is 0 Å². The summed E-state index contributed by atoms with van der Waals surface area (Å²) < 4.78 is 3.86. The highest BCUT2D eigenvalue weighted by molar-refractivity contribution is 5.45. The van der Waals surface area contributed by atoms with Gasteiger partial charge in [-0.25, -0.2) is 4.68 Å². The molecule has 0 saturated heterocycles. The van der Waals surface area contributed by atoms with Crippen molar-refractivity contribution in [3.63, 3.8) is 0 Å². The maximum atomic E-state index is 12.4. The molecule has 4 nitrogen and oxygen atoms in total. The number of aromatic nitrogens is 2. The molecule has 0 radical (unpaired) electrons. The van der Waals surface area contributed by atoms with Crippen molar-refractivity contribution in [2.45, 2.75) is 45.7 Å². The van der Waals surface area contributed by atoms with Gasteiger partial charge in [0.15, 0.2) is 0 Å². The van der Waals surface area contributed by atoms with Gasteiger partial charge >= 0.3 is 0 Å². The summed E-state index contributed by atoms with van der Waals surface area (Å²) in [5.41, 5.74) is 9.85. The molecule has 0 unspecified atom stereocenters. The zero-order valence-corrected chi connectivity index (χ0v) is 12.1. The van der Waals surface area contributed by atoms with Gasteiger partial charge in [0.1, 0.15) is 5.69 Å². The number of nitrogen functional groups attached to an aromatic ring is 1. The molecule has 2 N–H and O–H groups in total. The monoisotopic (exact) mass is 271 g/mol. The third-order valence-corrected chi connectivity index (χ3v) is 3.99. The molecule has 2 aromatic rings. The maximum absolute atomic E-state index is 12.4. The van der Waals surface area contributed by atoms with Gasteiger partial charge in [0.05, 0.1) is 12.2 Å². The van der Waals surface area contributed by atoms with Gasteiger partial charge in [0.2, 0.25) is 0 Å². The van der Waals surface area contributed by atoms with Gasteiger partial charge < -0.3 is 5.73 Å². The molecule has 1 fully saturated rings. The Morgan fingerprint density at radius 3 is 2.65 bits per heavy atom. The lowest BCUT2D eigenvalue weighted by molar-refractivity contribution is 0.473. The van der Waals surface area contributed by atoms with E-state index in [4.69, 9.17) is 5.73 Å². The Balaban J connectivity index is 2.05. The topological polar surface area (TPSA) is 52.9 Å². The molecular weight excluding hydrogens is 250 g/mol. The predicted octanol–water partition coefficient (Wildman–Crippen LogP) is 2.49. The molecule has 0 aliphatic heterocycles. The zero-order chi connectivity index (χ0) is 14.3. The van der Waals surface area contributed by atoms with Gasteiger partial charge in [-0.3, -0.25) is 9.48 Å². The summed E-state index contributed by atoms with van der Waals surface area (Å²) in [6.07, 6.45) is 2.30. The van der Waals surface area contributed by atoms with Crippen LogP contribution in [0.25, 0.3) is 0 Å². The Morgan fingerprint density at radius 2 is 2.05 bits per heavy atom. The molecule has 0 amide bonds. The van der Waals surface area contributed by atoms with Crippen LogP contribution in [-0.2, 0) is 13.1 Å². The summed E-state index contributed by atoms with van der Waals surface area (Å²) in [5, 5.41) is 0. The molecule has 1 heterocycles. The van der Waals surface area contributed by atoms with Crippen molar-refractivity contribution in [2.24, 2.45) is 0 Å². The van der Waals surface area contributed by atoms with Crippen LogP contribution < -0.4 is 11.3 Å². The van der Waals surface area contributed by atoms with Crippen molar-refractivity contribution in [2.75, 3.05) is 5.73 Å². The van der Waals surface area contributed by atoms with Crippen LogP contribution in [0.1, 0.15) is 42.5 Å². The summed E-state index contributed by atoms with van der Waals surface area (Å²) in [4.78, 5) is 12.4. The summed E-state index contributed by atoms with van der Waals surface area (Å²) >= 11 is 0. The molecule has 1 aliphatic rings. The SMILES string of the molecule is CCn1c(C2CC2)c(N)c(=O)n1Cc1cccc(C)c1. The average molecular weight is 271 g/mol. The minimum absolute atomic E-state index is 0.0461. The molecule has 1 aliphatic carbocycles. The van der Waals surface area contributed by atoms with Crippen LogP contribution in [0.5, 0.6) is 0 Å². The first-order valence-electron chi connectivity index (χ1n) is 7.26. The van der Waals surface area contributed by atoms with Crippen molar-refractivity contribution < 1.29 is 0 Å². The second kappa shape index (κ2) is 4.85. The number of nitrogens with two attached hydrogens (primary N) is 1. The molecule has 0 atom stereocenters.